The molecule has 140 valence electrons. The number of carbonyl (C=O) groups excluding carboxylic acids is 1. The van der Waals surface area contributed by atoms with E-state index in [2.05, 4.69) is 10.4 Å². The zero-order valence-corrected chi connectivity index (χ0v) is 15.5. The van der Waals surface area contributed by atoms with Gasteiger partial charge in [0.2, 0.25) is 0 Å². The van der Waals surface area contributed by atoms with E-state index in [0.717, 1.165) is 18.4 Å². The van der Waals surface area contributed by atoms with Crippen molar-refractivity contribution in [1.29, 1.82) is 0 Å². The second kappa shape index (κ2) is 7.33. The third-order valence-electron chi connectivity index (χ3n) is 4.90. The molecule has 0 radical (unpaired) electrons. The number of hydrogen-bond donors (Lipinski definition) is 1. The number of aryl methyl sites for hydroxylation is 1. The number of carbonyl (C=O) groups is 1. The highest BCUT2D eigenvalue weighted by Crippen LogP contribution is 2.33. The summed E-state index contributed by atoms with van der Waals surface area (Å²) in [4.78, 5) is 14.5. The van der Waals surface area contributed by atoms with Gasteiger partial charge in [0, 0.05) is 32.0 Å². The number of amides is 2. The van der Waals surface area contributed by atoms with Crippen molar-refractivity contribution in [2.75, 3.05) is 31.8 Å². The highest BCUT2D eigenvalue weighted by Gasteiger charge is 2.38. The summed E-state index contributed by atoms with van der Waals surface area (Å²) in [5.41, 5.74) is 0.759. The topological polar surface area (TPSA) is 93.5 Å². The average molecular weight is 370 g/mol. The Kier molecular flexibility index (Phi) is 5.33. The maximum absolute atomic E-state index is 12.8. The molecule has 2 amide bonds. The molecular weight excluding hydrogens is 344 g/mol. The van der Waals surface area contributed by atoms with Gasteiger partial charge in [-0.05, 0) is 25.7 Å². The van der Waals surface area contributed by atoms with Gasteiger partial charge in [-0.3, -0.25) is 4.68 Å². The van der Waals surface area contributed by atoms with E-state index in [4.69, 9.17) is 4.74 Å². The van der Waals surface area contributed by atoms with Gasteiger partial charge in [-0.2, -0.15) is 5.10 Å². The SMILES string of the molecule is CCn1cc([C@@H]2CS(=O)(=O)CCN2C(=O)N[C@H](COC)C2CC2)cn1. The third kappa shape index (κ3) is 4.33. The Morgan fingerprint density at radius 3 is 2.84 bits per heavy atom. The Morgan fingerprint density at radius 2 is 2.24 bits per heavy atom. The van der Waals surface area contributed by atoms with Gasteiger partial charge in [0.1, 0.15) is 0 Å². The molecule has 2 heterocycles. The van der Waals surface area contributed by atoms with Crippen LogP contribution in [-0.4, -0.2) is 66.9 Å². The number of nitrogens with one attached hydrogen (secondary N) is 1. The first-order valence-corrected chi connectivity index (χ1v) is 10.5. The molecule has 1 aliphatic heterocycles. The number of methoxy groups -OCH3 is 1. The monoisotopic (exact) mass is 370 g/mol. The molecule has 1 N–H and O–H groups in total. The molecule has 1 saturated heterocycles. The van der Waals surface area contributed by atoms with Crippen molar-refractivity contribution < 1.29 is 17.9 Å². The highest BCUT2D eigenvalue weighted by molar-refractivity contribution is 7.91. The summed E-state index contributed by atoms with van der Waals surface area (Å²) in [7, 11) is -1.55. The fourth-order valence-corrected chi connectivity index (χ4v) is 4.76. The lowest BCUT2D eigenvalue weighted by atomic mass is 10.1. The zero-order valence-electron chi connectivity index (χ0n) is 14.7. The molecule has 0 unspecified atom stereocenters. The molecule has 2 atom stereocenters. The van der Waals surface area contributed by atoms with Crippen LogP contribution >= 0.6 is 0 Å². The van der Waals surface area contributed by atoms with Gasteiger partial charge < -0.3 is 15.0 Å². The standard InChI is InChI=1S/C16H26N4O4S/c1-3-19-9-13(8-17-19)15-11-25(22,23)7-6-20(15)16(21)18-14(10-24-2)12-4-5-12/h8-9,12,14-15H,3-7,10-11H2,1-2H3,(H,18,21)/t14-,15+/m1/s1. The Morgan fingerprint density at radius 1 is 1.48 bits per heavy atom. The van der Waals surface area contributed by atoms with Gasteiger partial charge in [-0.1, -0.05) is 0 Å². The molecule has 25 heavy (non-hydrogen) atoms. The molecule has 0 aromatic carbocycles. The quantitative estimate of drug-likeness (QED) is 0.800. The van der Waals surface area contributed by atoms with Gasteiger partial charge in [0.25, 0.3) is 0 Å². The number of aromatic nitrogens is 2. The first-order chi connectivity index (χ1) is 11.9. The predicted molar refractivity (Wildman–Crippen MR) is 92.9 cm³/mol. The fourth-order valence-electron chi connectivity index (χ4n) is 3.27. The van der Waals surface area contributed by atoms with E-state index in [1.165, 1.54) is 0 Å². The van der Waals surface area contributed by atoms with E-state index in [9.17, 15) is 13.2 Å². The Balaban J connectivity index is 1.77. The normalized spacial score (nSPS) is 24.1. The summed E-state index contributed by atoms with van der Waals surface area (Å²) in [5.74, 6) is 0.393. The Bertz CT molecular complexity index is 713. The van der Waals surface area contributed by atoms with Crippen molar-refractivity contribution in [3.8, 4) is 0 Å². The van der Waals surface area contributed by atoms with E-state index in [1.807, 2.05) is 13.1 Å². The summed E-state index contributed by atoms with van der Waals surface area (Å²) in [6, 6.07) is -0.741. The minimum Gasteiger partial charge on any atom is -0.383 e. The van der Waals surface area contributed by atoms with Gasteiger partial charge >= 0.3 is 6.03 Å². The number of nitrogens with zero attached hydrogens (tertiary/aromatic N) is 3. The minimum absolute atomic E-state index is 0.00277. The van der Waals surface area contributed by atoms with Crippen LogP contribution in [-0.2, 0) is 21.1 Å². The smallest absolute Gasteiger partial charge is 0.318 e. The molecule has 3 rings (SSSR count). The molecule has 0 bridgehead atoms. The van der Waals surface area contributed by atoms with Crippen LogP contribution in [0.25, 0.3) is 0 Å². The maximum atomic E-state index is 12.8. The predicted octanol–water partition coefficient (Wildman–Crippen LogP) is 0.809. The van der Waals surface area contributed by atoms with E-state index in [1.54, 1.807) is 22.9 Å². The minimum atomic E-state index is -3.17. The van der Waals surface area contributed by atoms with E-state index in [-0.39, 0.29) is 30.1 Å². The van der Waals surface area contributed by atoms with Gasteiger partial charge in [-0.15, -0.1) is 0 Å². The number of sulfone groups is 1. The van der Waals surface area contributed by atoms with E-state index >= 15 is 0 Å². The van der Waals surface area contributed by atoms with Crippen molar-refractivity contribution in [1.82, 2.24) is 20.0 Å². The van der Waals surface area contributed by atoms with Crippen LogP contribution in [0.2, 0.25) is 0 Å². The summed E-state index contributed by atoms with van der Waals surface area (Å²) in [6.07, 6.45) is 5.66. The van der Waals surface area contributed by atoms with Gasteiger partial charge in [0.15, 0.2) is 9.84 Å². The van der Waals surface area contributed by atoms with Crippen LogP contribution in [0.15, 0.2) is 12.4 Å². The number of rotatable bonds is 6. The molecule has 1 saturated carbocycles. The highest BCUT2D eigenvalue weighted by atomic mass is 32.2. The number of urea groups is 1. The van der Waals surface area contributed by atoms with Crippen molar-refractivity contribution in [2.45, 2.75) is 38.4 Å². The second-order valence-corrected chi connectivity index (χ2v) is 9.03. The Hall–Kier alpha value is -1.61. The van der Waals surface area contributed by atoms with Crippen molar-refractivity contribution in [3.63, 3.8) is 0 Å². The van der Waals surface area contributed by atoms with Crippen molar-refractivity contribution in [2.24, 2.45) is 5.92 Å². The van der Waals surface area contributed by atoms with Crippen molar-refractivity contribution in [3.05, 3.63) is 18.0 Å². The summed E-state index contributed by atoms with van der Waals surface area (Å²) < 4.78 is 31.2. The summed E-state index contributed by atoms with van der Waals surface area (Å²) >= 11 is 0. The summed E-state index contributed by atoms with van der Waals surface area (Å²) in [5, 5.41) is 7.26. The molecule has 2 aliphatic rings. The maximum Gasteiger partial charge on any atom is 0.318 e. The van der Waals surface area contributed by atoms with Crippen LogP contribution in [0.5, 0.6) is 0 Å². The van der Waals surface area contributed by atoms with Gasteiger partial charge in [0.05, 0.1) is 36.4 Å². The third-order valence-corrected chi connectivity index (χ3v) is 6.53. The average Bonchev–Trinajstić information content (AvgIpc) is 3.30. The molecule has 9 heteroatoms. The summed E-state index contributed by atoms with van der Waals surface area (Å²) in [6.45, 7) is 3.33. The number of ether oxygens (including phenoxy) is 1. The van der Waals surface area contributed by atoms with Crippen LogP contribution in [0.4, 0.5) is 4.79 Å². The molecule has 1 aromatic rings. The zero-order chi connectivity index (χ0) is 18.0. The van der Waals surface area contributed by atoms with E-state index in [0.29, 0.717) is 19.1 Å². The number of hydrogen-bond acceptors (Lipinski definition) is 5. The lowest BCUT2D eigenvalue weighted by molar-refractivity contribution is 0.141. The van der Waals surface area contributed by atoms with Crippen LogP contribution in [0, 0.1) is 5.92 Å². The van der Waals surface area contributed by atoms with Crippen LogP contribution in [0.1, 0.15) is 31.4 Å². The largest absolute Gasteiger partial charge is 0.383 e. The Labute approximate surface area is 148 Å². The molecule has 1 aromatic heterocycles. The first-order valence-electron chi connectivity index (χ1n) is 8.72. The van der Waals surface area contributed by atoms with Gasteiger partial charge in [-0.25, -0.2) is 13.2 Å². The molecule has 1 aliphatic carbocycles. The lowest BCUT2D eigenvalue weighted by Crippen LogP contribution is -2.53. The first kappa shape index (κ1) is 18.2. The molecular formula is C16H26N4O4S. The van der Waals surface area contributed by atoms with Crippen molar-refractivity contribution >= 4 is 15.9 Å². The fraction of sp³-hybridized carbons (Fsp3) is 0.750. The molecule has 0 spiro atoms. The van der Waals surface area contributed by atoms with E-state index < -0.39 is 15.9 Å². The molecule has 8 nitrogen and oxygen atoms in total. The van der Waals surface area contributed by atoms with Crippen LogP contribution in [0.3, 0.4) is 0 Å². The lowest BCUT2D eigenvalue weighted by Gasteiger charge is -2.36. The van der Waals surface area contributed by atoms with Crippen LogP contribution < -0.4 is 5.32 Å². The second-order valence-electron chi connectivity index (χ2n) is 6.80. The molecule has 2 fully saturated rings.